The van der Waals surface area contributed by atoms with Gasteiger partial charge in [0.15, 0.2) is 0 Å². The van der Waals surface area contributed by atoms with Crippen LogP contribution in [0.3, 0.4) is 0 Å². The van der Waals surface area contributed by atoms with Crippen LogP contribution in [0.15, 0.2) is 186 Å². The summed E-state index contributed by atoms with van der Waals surface area (Å²) in [5.74, 6) is 0. The molecule has 12 rings (SSSR count). The van der Waals surface area contributed by atoms with Crippen molar-refractivity contribution in [2.45, 2.75) is 5.41 Å². The van der Waals surface area contributed by atoms with E-state index in [2.05, 4.69) is 182 Å². The SMILES string of the molecule is c1ccc(-c2c3ccccc3c(-c3ccc4c(c3)oc3cc5c(cc34)-c3ccccc3C53c4ccccc4-c4ccccc43)c3ccccc23)cc1. The van der Waals surface area contributed by atoms with Gasteiger partial charge in [0.25, 0.3) is 0 Å². The number of furan rings is 1. The minimum absolute atomic E-state index is 0.393. The van der Waals surface area contributed by atoms with E-state index in [0.717, 1.165) is 27.5 Å². The van der Waals surface area contributed by atoms with E-state index in [4.69, 9.17) is 4.42 Å². The van der Waals surface area contributed by atoms with Gasteiger partial charge in [0.05, 0.1) is 5.41 Å². The smallest absolute Gasteiger partial charge is 0.136 e. The van der Waals surface area contributed by atoms with Crippen LogP contribution in [0.5, 0.6) is 0 Å². The third kappa shape index (κ3) is 3.48. The van der Waals surface area contributed by atoms with Crippen LogP contribution in [0, 0.1) is 0 Å². The maximum absolute atomic E-state index is 6.93. The first kappa shape index (κ1) is 28.0. The lowest BCUT2D eigenvalue weighted by molar-refractivity contribution is 0.666. The lowest BCUT2D eigenvalue weighted by Crippen LogP contribution is -2.25. The fraction of sp³-hybridized carbons (Fsp3) is 0.0196. The summed E-state index contributed by atoms with van der Waals surface area (Å²) in [6.45, 7) is 0. The third-order valence-corrected chi connectivity index (χ3v) is 11.9. The minimum Gasteiger partial charge on any atom is -0.456 e. The average Bonchev–Trinajstić information content (AvgIpc) is 3.82. The van der Waals surface area contributed by atoms with E-state index in [9.17, 15) is 0 Å². The van der Waals surface area contributed by atoms with Crippen LogP contribution < -0.4 is 0 Å². The molecule has 240 valence electrons. The highest BCUT2D eigenvalue weighted by Gasteiger charge is 2.51. The molecule has 0 saturated heterocycles. The van der Waals surface area contributed by atoms with Crippen LogP contribution in [-0.4, -0.2) is 0 Å². The van der Waals surface area contributed by atoms with Gasteiger partial charge >= 0.3 is 0 Å². The fourth-order valence-electron chi connectivity index (χ4n) is 9.87. The molecule has 2 aliphatic carbocycles. The number of hydrogen-bond donors (Lipinski definition) is 0. The Labute approximate surface area is 301 Å². The molecule has 0 fully saturated rings. The summed E-state index contributed by atoms with van der Waals surface area (Å²) in [5, 5.41) is 7.29. The van der Waals surface area contributed by atoms with Crippen LogP contribution in [0.1, 0.15) is 22.3 Å². The van der Waals surface area contributed by atoms with E-state index in [1.54, 1.807) is 0 Å². The molecule has 0 radical (unpaired) electrons. The first-order valence-corrected chi connectivity index (χ1v) is 18.1. The number of hydrogen-bond acceptors (Lipinski definition) is 1. The first-order chi connectivity index (χ1) is 25.8. The average molecular weight is 659 g/mol. The number of rotatable bonds is 2. The molecule has 2 aliphatic rings. The second kappa shape index (κ2) is 10.2. The molecule has 1 heteroatoms. The standard InChI is InChI=1S/C51H30O/c1-2-14-31(15-3-1)49-37-19-4-6-21-39(37)50(40-22-7-5-20-38(40)49)32-26-27-36-42-29-41-35-18-10-13-25-45(35)51(46(41)30-48(42)52-47(36)28-32)43-23-11-8-16-33(43)34-17-9-12-24-44(34)51/h1-30H. The van der Waals surface area contributed by atoms with Gasteiger partial charge in [-0.25, -0.2) is 0 Å². The van der Waals surface area contributed by atoms with Gasteiger partial charge in [-0.15, -0.1) is 0 Å². The van der Waals surface area contributed by atoms with Crippen LogP contribution in [-0.2, 0) is 5.41 Å². The molecule has 1 heterocycles. The van der Waals surface area contributed by atoms with Crippen molar-refractivity contribution in [1.82, 2.24) is 0 Å². The predicted octanol–water partition coefficient (Wildman–Crippen LogP) is 13.6. The summed E-state index contributed by atoms with van der Waals surface area (Å²) in [5.41, 5.74) is 16.9. The molecule has 0 amide bonds. The fourth-order valence-corrected chi connectivity index (χ4v) is 9.87. The Morgan fingerprint density at radius 1 is 0.288 bits per heavy atom. The summed E-state index contributed by atoms with van der Waals surface area (Å²) in [6.07, 6.45) is 0. The Kier molecular flexibility index (Phi) is 5.49. The second-order valence-electron chi connectivity index (χ2n) is 14.3. The third-order valence-electron chi connectivity index (χ3n) is 11.9. The molecule has 0 bridgehead atoms. The lowest BCUT2D eigenvalue weighted by Gasteiger charge is -2.30. The zero-order valence-electron chi connectivity index (χ0n) is 28.2. The molecule has 0 N–H and O–H groups in total. The summed E-state index contributed by atoms with van der Waals surface area (Å²) in [6, 6.07) is 67.0. The van der Waals surface area contributed by atoms with Crippen LogP contribution in [0.25, 0.3) is 88.0 Å². The van der Waals surface area contributed by atoms with Crippen LogP contribution >= 0.6 is 0 Å². The number of benzene rings is 9. The van der Waals surface area contributed by atoms with Crippen molar-refractivity contribution in [2.75, 3.05) is 0 Å². The van der Waals surface area contributed by atoms with Gasteiger partial charge < -0.3 is 4.42 Å². The van der Waals surface area contributed by atoms with Crippen molar-refractivity contribution in [1.29, 1.82) is 0 Å². The Bertz CT molecular complexity index is 3020. The van der Waals surface area contributed by atoms with Crippen LogP contribution in [0.2, 0.25) is 0 Å². The first-order valence-electron chi connectivity index (χ1n) is 18.1. The van der Waals surface area contributed by atoms with E-state index in [0.29, 0.717) is 0 Å². The monoisotopic (exact) mass is 658 g/mol. The topological polar surface area (TPSA) is 13.1 Å². The minimum atomic E-state index is -0.393. The highest BCUT2D eigenvalue weighted by molar-refractivity contribution is 6.22. The maximum atomic E-state index is 6.93. The van der Waals surface area contributed by atoms with E-state index in [1.165, 1.54) is 82.7 Å². The Morgan fingerprint density at radius 2 is 0.750 bits per heavy atom. The molecular formula is C51H30O. The molecule has 0 atom stereocenters. The van der Waals surface area contributed by atoms with Crippen molar-refractivity contribution in [2.24, 2.45) is 0 Å². The Hall–Kier alpha value is -6.70. The van der Waals surface area contributed by atoms with Gasteiger partial charge in [-0.05, 0) is 113 Å². The molecule has 10 aromatic rings. The molecule has 52 heavy (non-hydrogen) atoms. The summed E-state index contributed by atoms with van der Waals surface area (Å²) in [7, 11) is 0. The normalized spacial score (nSPS) is 13.5. The van der Waals surface area contributed by atoms with Crippen molar-refractivity contribution >= 4 is 43.5 Å². The molecule has 0 aliphatic heterocycles. The van der Waals surface area contributed by atoms with Gasteiger partial charge in [-0.3, -0.25) is 0 Å². The Balaban J connectivity index is 1.12. The molecule has 1 aromatic heterocycles. The second-order valence-corrected chi connectivity index (χ2v) is 14.3. The largest absolute Gasteiger partial charge is 0.456 e. The zero-order chi connectivity index (χ0) is 34.0. The molecule has 1 nitrogen and oxygen atoms in total. The summed E-state index contributed by atoms with van der Waals surface area (Å²) < 4.78 is 6.93. The van der Waals surface area contributed by atoms with E-state index in [1.807, 2.05) is 0 Å². The number of fused-ring (bicyclic) bond motifs is 15. The van der Waals surface area contributed by atoms with Crippen molar-refractivity contribution in [3.8, 4) is 44.5 Å². The lowest BCUT2D eigenvalue weighted by atomic mass is 9.70. The van der Waals surface area contributed by atoms with Gasteiger partial charge in [0, 0.05) is 10.8 Å². The van der Waals surface area contributed by atoms with E-state index >= 15 is 0 Å². The van der Waals surface area contributed by atoms with Crippen LogP contribution in [0.4, 0.5) is 0 Å². The van der Waals surface area contributed by atoms with Gasteiger partial charge in [0.2, 0.25) is 0 Å². The quantitative estimate of drug-likeness (QED) is 0.169. The summed E-state index contributed by atoms with van der Waals surface area (Å²) >= 11 is 0. The van der Waals surface area contributed by atoms with Crippen molar-refractivity contribution in [3.63, 3.8) is 0 Å². The van der Waals surface area contributed by atoms with E-state index in [-0.39, 0.29) is 0 Å². The molecule has 0 unspecified atom stereocenters. The Morgan fingerprint density at radius 3 is 1.33 bits per heavy atom. The van der Waals surface area contributed by atoms with Crippen molar-refractivity contribution in [3.05, 3.63) is 204 Å². The van der Waals surface area contributed by atoms with Gasteiger partial charge in [-0.1, -0.05) is 158 Å². The highest BCUT2D eigenvalue weighted by Crippen LogP contribution is 2.63. The molecule has 9 aromatic carbocycles. The zero-order valence-corrected chi connectivity index (χ0v) is 28.2. The summed E-state index contributed by atoms with van der Waals surface area (Å²) in [4.78, 5) is 0. The van der Waals surface area contributed by atoms with Crippen molar-refractivity contribution < 1.29 is 4.42 Å². The van der Waals surface area contributed by atoms with Gasteiger partial charge in [-0.2, -0.15) is 0 Å². The van der Waals surface area contributed by atoms with E-state index < -0.39 is 5.41 Å². The van der Waals surface area contributed by atoms with Gasteiger partial charge in [0.1, 0.15) is 11.2 Å². The predicted molar refractivity (Wildman–Crippen MR) is 216 cm³/mol. The highest BCUT2D eigenvalue weighted by atomic mass is 16.3. The molecule has 1 spiro atoms. The molecule has 0 saturated carbocycles. The molecular weight excluding hydrogens is 629 g/mol. The maximum Gasteiger partial charge on any atom is 0.136 e.